The molecule has 2 aromatic rings. The summed E-state index contributed by atoms with van der Waals surface area (Å²) in [5.74, 6) is 0. The highest BCUT2D eigenvalue weighted by Crippen LogP contribution is 2.17. The molecular weight excluding hydrogens is 244 g/mol. The third-order valence-electron chi connectivity index (χ3n) is 3.17. The smallest absolute Gasteiger partial charge is 0.196 e. The van der Waals surface area contributed by atoms with Crippen molar-refractivity contribution in [2.24, 2.45) is 0 Å². The molecule has 0 spiro atoms. The van der Waals surface area contributed by atoms with Gasteiger partial charge in [-0.2, -0.15) is 0 Å². The van der Waals surface area contributed by atoms with E-state index in [1.165, 1.54) is 11.3 Å². The Morgan fingerprint density at radius 2 is 2.28 bits per heavy atom. The number of nitrogens with zero attached hydrogens (tertiary/aromatic N) is 3. The molecule has 0 saturated carbocycles. The van der Waals surface area contributed by atoms with Crippen molar-refractivity contribution in [2.75, 3.05) is 6.54 Å². The Kier molecular flexibility index (Phi) is 3.17. The third-order valence-corrected chi connectivity index (χ3v) is 3.38. The monoisotopic (exact) mass is 258 g/mol. The Morgan fingerprint density at radius 3 is 3.11 bits per heavy atom. The molecule has 1 N–H and O–H groups in total. The SMILES string of the molecule is S=c1ncc2c([nH]1)CN(Cc1ccccn1)CC2. The van der Waals surface area contributed by atoms with Crippen LogP contribution in [-0.2, 0) is 19.5 Å². The van der Waals surface area contributed by atoms with Gasteiger partial charge in [-0.3, -0.25) is 9.88 Å². The van der Waals surface area contributed by atoms with Gasteiger partial charge in [-0.05, 0) is 36.3 Å². The van der Waals surface area contributed by atoms with E-state index >= 15 is 0 Å². The van der Waals surface area contributed by atoms with Gasteiger partial charge in [-0.15, -0.1) is 0 Å². The summed E-state index contributed by atoms with van der Waals surface area (Å²) < 4.78 is 0.563. The van der Waals surface area contributed by atoms with E-state index in [1.807, 2.05) is 24.5 Å². The first-order valence-electron chi connectivity index (χ1n) is 6.00. The zero-order valence-corrected chi connectivity index (χ0v) is 10.8. The van der Waals surface area contributed by atoms with E-state index in [0.717, 1.165) is 31.7 Å². The van der Waals surface area contributed by atoms with Crippen molar-refractivity contribution in [3.63, 3.8) is 0 Å². The van der Waals surface area contributed by atoms with Crippen LogP contribution >= 0.6 is 12.2 Å². The quantitative estimate of drug-likeness (QED) is 0.838. The Balaban J connectivity index is 1.77. The van der Waals surface area contributed by atoms with Crippen molar-refractivity contribution >= 4 is 12.2 Å². The average Bonchev–Trinajstić information content (AvgIpc) is 2.39. The minimum Gasteiger partial charge on any atom is -0.333 e. The largest absolute Gasteiger partial charge is 0.333 e. The number of pyridine rings is 1. The molecule has 0 saturated heterocycles. The Bertz CT molecular complexity index is 593. The zero-order chi connectivity index (χ0) is 12.4. The van der Waals surface area contributed by atoms with Gasteiger partial charge in [0.2, 0.25) is 0 Å². The number of aromatic amines is 1. The van der Waals surface area contributed by atoms with Crippen molar-refractivity contribution < 1.29 is 0 Å². The molecule has 0 radical (unpaired) electrons. The summed E-state index contributed by atoms with van der Waals surface area (Å²) in [6.07, 6.45) is 4.75. The van der Waals surface area contributed by atoms with Crippen LogP contribution in [0.3, 0.4) is 0 Å². The van der Waals surface area contributed by atoms with Gasteiger partial charge < -0.3 is 4.98 Å². The highest BCUT2D eigenvalue weighted by atomic mass is 32.1. The molecule has 3 rings (SSSR count). The molecule has 0 unspecified atom stereocenters. The van der Waals surface area contributed by atoms with Gasteiger partial charge in [-0.1, -0.05) is 6.07 Å². The molecule has 1 aliphatic rings. The lowest BCUT2D eigenvalue weighted by Crippen LogP contribution is -2.31. The zero-order valence-electron chi connectivity index (χ0n) is 9.97. The summed E-state index contributed by atoms with van der Waals surface area (Å²) in [6, 6.07) is 6.03. The van der Waals surface area contributed by atoms with Gasteiger partial charge >= 0.3 is 0 Å². The standard InChI is InChI=1S/C13H14N4S/c18-13-15-7-10-4-6-17(9-12(10)16-13)8-11-3-1-2-5-14-11/h1-3,5,7H,4,6,8-9H2,(H,15,16,18). The summed E-state index contributed by atoms with van der Waals surface area (Å²) >= 11 is 5.07. The number of nitrogens with one attached hydrogen (secondary N) is 1. The van der Waals surface area contributed by atoms with Crippen LogP contribution < -0.4 is 0 Å². The molecule has 92 valence electrons. The third kappa shape index (κ3) is 2.47. The van der Waals surface area contributed by atoms with E-state index < -0.39 is 0 Å². The van der Waals surface area contributed by atoms with Crippen molar-refractivity contribution in [1.82, 2.24) is 19.9 Å². The molecule has 0 aromatic carbocycles. The van der Waals surface area contributed by atoms with Gasteiger partial charge in [0, 0.05) is 37.7 Å². The van der Waals surface area contributed by atoms with Crippen molar-refractivity contribution in [3.05, 3.63) is 52.3 Å². The predicted molar refractivity (Wildman–Crippen MR) is 71.5 cm³/mol. The van der Waals surface area contributed by atoms with Crippen LogP contribution in [0.25, 0.3) is 0 Å². The number of fused-ring (bicyclic) bond motifs is 1. The van der Waals surface area contributed by atoms with Crippen LogP contribution in [0, 0.1) is 4.77 Å². The van der Waals surface area contributed by atoms with Crippen LogP contribution in [0.5, 0.6) is 0 Å². The van der Waals surface area contributed by atoms with Crippen LogP contribution in [0.15, 0.2) is 30.6 Å². The van der Waals surface area contributed by atoms with E-state index in [-0.39, 0.29) is 0 Å². The normalized spacial score (nSPS) is 15.3. The number of H-pyrrole nitrogens is 1. The maximum absolute atomic E-state index is 5.07. The molecule has 0 amide bonds. The Morgan fingerprint density at radius 1 is 1.33 bits per heavy atom. The lowest BCUT2D eigenvalue weighted by atomic mass is 10.1. The Hall–Kier alpha value is -1.59. The minimum absolute atomic E-state index is 0.563. The summed E-state index contributed by atoms with van der Waals surface area (Å²) in [7, 11) is 0. The minimum atomic E-state index is 0.563. The van der Waals surface area contributed by atoms with Crippen LogP contribution in [0.4, 0.5) is 0 Å². The fourth-order valence-electron chi connectivity index (χ4n) is 2.25. The maximum atomic E-state index is 5.07. The van der Waals surface area contributed by atoms with Crippen molar-refractivity contribution in [3.8, 4) is 0 Å². The summed E-state index contributed by atoms with van der Waals surface area (Å²) in [4.78, 5) is 14.0. The molecule has 5 heteroatoms. The van der Waals surface area contributed by atoms with Gasteiger partial charge in [0.25, 0.3) is 0 Å². The van der Waals surface area contributed by atoms with E-state index in [9.17, 15) is 0 Å². The second-order valence-electron chi connectivity index (χ2n) is 4.47. The van der Waals surface area contributed by atoms with Crippen LogP contribution in [0.2, 0.25) is 0 Å². The first-order chi connectivity index (χ1) is 8.81. The number of aromatic nitrogens is 3. The molecule has 18 heavy (non-hydrogen) atoms. The maximum Gasteiger partial charge on any atom is 0.196 e. The fourth-order valence-corrected chi connectivity index (χ4v) is 2.43. The molecular formula is C13H14N4S. The molecule has 1 aliphatic heterocycles. The second kappa shape index (κ2) is 4.96. The molecule has 2 aromatic heterocycles. The molecule has 0 bridgehead atoms. The highest BCUT2D eigenvalue weighted by Gasteiger charge is 2.17. The molecule has 3 heterocycles. The van der Waals surface area contributed by atoms with E-state index in [2.05, 4.69) is 25.9 Å². The first kappa shape index (κ1) is 11.5. The van der Waals surface area contributed by atoms with Crippen LogP contribution in [0.1, 0.15) is 17.0 Å². The molecule has 0 aliphatic carbocycles. The molecule has 4 nitrogen and oxygen atoms in total. The van der Waals surface area contributed by atoms with Crippen molar-refractivity contribution in [1.29, 1.82) is 0 Å². The fraction of sp³-hybridized carbons (Fsp3) is 0.308. The topological polar surface area (TPSA) is 44.8 Å². The highest BCUT2D eigenvalue weighted by molar-refractivity contribution is 7.71. The van der Waals surface area contributed by atoms with E-state index in [4.69, 9.17) is 12.2 Å². The van der Waals surface area contributed by atoms with Gasteiger partial charge in [-0.25, -0.2) is 4.98 Å². The van der Waals surface area contributed by atoms with E-state index in [1.54, 1.807) is 0 Å². The molecule has 0 fully saturated rings. The Labute approximate surface area is 111 Å². The van der Waals surface area contributed by atoms with Crippen LogP contribution in [-0.4, -0.2) is 26.4 Å². The second-order valence-corrected chi connectivity index (χ2v) is 4.86. The van der Waals surface area contributed by atoms with Gasteiger partial charge in [0.1, 0.15) is 0 Å². The first-order valence-corrected chi connectivity index (χ1v) is 6.41. The summed E-state index contributed by atoms with van der Waals surface area (Å²) in [5.41, 5.74) is 3.58. The van der Waals surface area contributed by atoms with E-state index in [0.29, 0.717) is 4.77 Å². The predicted octanol–water partition coefficient (Wildman–Crippen LogP) is 2.09. The van der Waals surface area contributed by atoms with Crippen molar-refractivity contribution in [2.45, 2.75) is 19.5 Å². The van der Waals surface area contributed by atoms with Gasteiger partial charge in [0.15, 0.2) is 4.77 Å². The lowest BCUT2D eigenvalue weighted by molar-refractivity contribution is 0.238. The van der Waals surface area contributed by atoms with Gasteiger partial charge in [0.05, 0.1) is 5.69 Å². The number of hydrogen-bond acceptors (Lipinski definition) is 4. The lowest BCUT2D eigenvalue weighted by Gasteiger charge is -2.27. The average molecular weight is 258 g/mol. The summed E-state index contributed by atoms with van der Waals surface area (Å²) in [5, 5.41) is 0. The summed E-state index contributed by atoms with van der Waals surface area (Å²) in [6.45, 7) is 2.80. The number of rotatable bonds is 2. The number of hydrogen-bond donors (Lipinski definition) is 1. The molecule has 0 atom stereocenters.